The molecule has 0 radical (unpaired) electrons. The summed E-state index contributed by atoms with van der Waals surface area (Å²) in [5.74, 6) is -0.685. The van der Waals surface area contributed by atoms with Gasteiger partial charge in [-0.25, -0.2) is 4.79 Å². The van der Waals surface area contributed by atoms with Crippen LogP contribution in [-0.2, 0) is 26.5 Å². The number of benzene rings is 2. The van der Waals surface area contributed by atoms with Crippen molar-refractivity contribution in [3.8, 4) is 11.5 Å². The molecule has 2 aromatic carbocycles. The molecule has 0 spiro atoms. The van der Waals surface area contributed by atoms with Gasteiger partial charge in [0.2, 0.25) is 0 Å². The number of thioether (sulfide) groups is 2. The molecule has 3 atom stereocenters. The molecule has 3 unspecified atom stereocenters. The zero-order chi connectivity index (χ0) is 35.1. The van der Waals surface area contributed by atoms with Crippen LogP contribution in [0.1, 0.15) is 119 Å². The van der Waals surface area contributed by atoms with Crippen LogP contribution < -0.4 is 4.74 Å². The minimum atomic E-state index is -2.13. The molecule has 45 heavy (non-hydrogen) atoms. The third-order valence-electron chi connectivity index (χ3n) is 7.47. The molecule has 5 N–H and O–H groups in total. The molecule has 0 aliphatic carbocycles. The molecule has 2 aromatic rings. The number of phenolic OH excluding ortho intramolecular Hbond substituents is 1. The van der Waals surface area contributed by atoms with Gasteiger partial charge in [-0.15, -0.1) is 23.5 Å². The summed E-state index contributed by atoms with van der Waals surface area (Å²) in [5, 5.41) is 50.6. The normalized spacial score (nSPS) is 15.5. The molecular weight excluding hydrogens is 609 g/mol. The molecule has 7 nitrogen and oxygen atoms in total. The summed E-state index contributed by atoms with van der Waals surface area (Å²) in [6.07, 6.45) is -5.63. The zero-order valence-electron chi connectivity index (χ0n) is 29.6. The van der Waals surface area contributed by atoms with E-state index in [9.17, 15) is 25.2 Å². The SMILES string of the molecule is CC(C)(Sc1cc(C(C)(C)C)c(O)c(C(C)(C)C)c1)Sc1cc(C(C)(C)C)c(OCC(O)C(O)C(O)C(=O)O)c(C(C)(C)C)c1. The first kappa shape index (κ1) is 39.3. The molecule has 0 aliphatic heterocycles. The van der Waals surface area contributed by atoms with Gasteiger partial charge in [0.25, 0.3) is 0 Å². The van der Waals surface area contributed by atoms with Gasteiger partial charge in [0, 0.05) is 32.0 Å². The summed E-state index contributed by atoms with van der Waals surface area (Å²) in [5.41, 5.74) is 2.50. The Morgan fingerprint density at radius 1 is 0.667 bits per heavy atom. The summed E-state index contributed by atoms with van der Waals surface area (Å²) in [6, 6.07) is 8.42. The Morgan fingerprint density at radius 2 is 1.00 bits per heavy atom. The number of phenols is 1. The van der Waals surface area contributed by atoms with Gasteiger partial charge in [0.05, 0.1) is 4.08 Å². The number of aliphatic hydroxyl groups excluding tert-OH is 3. The largest absolute Gasteiger partial charge is 0.507 e. The van der Waals surface area contributed by atoms with Crippen LogP contribution in [0.3, 0.4) is 0 Å². The van der Waals surface area contributed by atoms with E-state index >= 15 is 0 Å². The van der Waals surface area contributed by atoms with E-state index in [1.165, 1.54) is 0 Å². The second-order valence-corrected chi connectivity index (χ2v) is 20.1. The van der Waals surface area contributed by atoms with Crippen LogP contribution in [-0.4, -0.2) is 60.5 Å². The number of aliphatic carboxylic acids is 1. The predicted octanol–water partition coefficient (Wildman–Crippen LogP) is 7.75. The number of carbonyl (C=O) groups is 1. The van der Waals surface area contributed by atoms with E-state index in [1.54, 1.807) is 23.5 Å². The monoisotopic (exact) mass is 664 g/mol. The maximum atomic E-state index is 11.2. The number of ether oxygens (including phenoxy) is 1. The maximum Gasteiger partial charge on any atom is 0.335 e. The van der Waals surface area contributed by atoms with E-state index in [4.69, 9.17) is 9.84 Å². The highest BCUT2D eigenvalue weighted by atomic mass is 32.2. The number of carboxylic acid groups (broad SMARTS) is 1. The molecule has 9 heteroatoms. The van der Waals surface area contributed by atoms with Crippen molar-refractivity contribution in [1.82, 2.24) is 0 Å². The number of carboxylic acids is 1. The zero-order valence-corrected chi connectivity index (χ0v) is 31.3. The average Bonchev–Trinajstić information content (AvgIpc) is 2.84. The first-order valence-corrected chi connectivity index (χ1v) is 17.0. The predicted molar refractivity (Wildman–Crippen MR) is 186 cm³/mol. The Bertz CT molecular complexity index is 1290. The second kappa shape index (κ2) is 13.7. The van der Waals surface area contributed by atoms with Crippen molar-refractivity contribution in [2.24, 2.45) is 0 Å². The summed E-state index contributed by atoms with van der Waals surface area (Å²) in [6.45, 7) is 29.1. The number of hydrogen-bond donors (Lipinski definition) is 5. The van der Waals surface area contributed by atoms with Crippen molar-refractivity contribution < 1.29 is 35.1 Å². The lowest BCUT2D eigenvalue weighted by atomic mass is 9.79. The fourth-order valence-corrected chi connectivity index (χ4v) is 7.54. The van der Waals surface area contributed by atoms with Crippen LogP contribution >= 0.6 is 23.5 Å². The molecule has 0 aliphatic rings. The first-order chi connectivity index (χ1) is 20.1. The Kier molecular flexibility index (Phi) is 11.9. The Labute approximate surface area is 279 Å². The van der Waals surface area contributed by atoms with Crippen molar-refractivity contribution in [2.45, 2.75) is 151 Å². The van der Waals surface area contributed by atoms with Crippen molar-refractivity contribution in [3.63, 3.8) is 0 Å². The van der Waals surface area contributed by atoms with Gasteiger partial charge in [-0.05, 0) is 59.8 Å². The minimum absolute atomic E-state index is 0.230. The first-order valence-electron chi connectivity index (χ1n) is 15.4. The number of aliphatic hydroxyl groups is 3. The molecule has 0 saturated carbocycles. The maximum absolute atomic E-state index is 11.2. The highest BCUT2D eigenvalue weighted by Crippen LogP contribution is 2.51. The molecule has 0 amide bonds. The molecule has 0 saturated heterocycles. The minimum Gasteiger partial charge on any atom is -0.507 e. The fraction of sp³-hybridized carbons (Fsp3) is 0.639. The summed E-state index contributed by atoms with van der Waals surface area (Å²) >= 11 is 3.49. The summed E-state index contributed by atoms with van der Waals surface area (Å²) in [7, 11) is 0. The standard InChI is InChI=1S/C36H56O7S2/c1-32(2,3)22-15-20(16-23(27(22)38)33(4,5)6)44-36(13,14)45-21-17-24(34(7,8)9)30(25(18-21)35(10,11)12)43-19-26(37)28(39)29(40)31(41)42/h15-18,26,28-29,37-40H,19H2,1-14H3,(H,41,42). The van der Waals surface area contributed by atoms with Crippen LogP contribution in [0.15, 0.2) is 34.1 Å². The highest BCUT2D eigenvalue weighted by molar-refractivity contribution is 8.18. The van der Waals surface area contributed by atoms with Gasteiger partial charge in [-0.2, -0.15) is 0 Å². The van der Waals surface area contributed by atoms with E-state index in [2.05, 4.69) is 121 Å². The molecule has 0 aromatic heterocycles. The van der Waals surface area contributed by atoms with Crippen LogP contribution in [0.2, 0.25) is 0 Å². The molecule has 0 bridgehead atoms. The number of hydrogen-bond acceptors (Lipinski definition) is 8. The van der Waals surface area contributed by atoms with Gasteiger partial charge in [-0.1, -0.05) is 83.1 Å². The van der Waals surface area contributed by atoms with Crippen LogP contribution in [0.5, 0.6) is 11.5 Å². The van der Waals surface area contributed by atoms with Gasteiger partial charge in [0.15, 0.2) is 6.10 Å². The number of rotatable bonds is 10. The van der Waals surface area contributed by atoms with Gasteiger partial charge < -0.3 is 30.3 Å². The Morgan fingerprint density at radius 3 is 1.31 bits per heavy atom. The molecular formula is C36H56O7S2. The van der Waals surface area contributed by atoms with Gasteiger partial charge in [0.1, 0.15) is 30.3 Å². The Hall–Kier alpha value is -1.91. The lowest BCUT2D eigenvalue weighted by molar-refractivity contribution is -0.159. The smallest absolute Gasteiger partial charge is 0.335 e. The third-order valence-corrected chi connectivity index (χ3v) is 9.90. The van der Waals surface area contributed by atoms with Crippen molar-refractivity contribution >= 4 is 29.5 Å². The van der Waals surface area contributed by atoms with Crippen molar-refractivity contribution in [3.05, 3.63) is 46.5 Å². The van der Waals surface area contributed by atoms with Gasteiger partial charge in [-0.3, -0.25) is 0 Å². The molecule has 0 heterocycles. The Balaban J connectivity index is 2.58. The molecule has 2 rings (SSSR count). The van der Waals surface area contributed by atoms with Crippen LogP contribution in [0, 0.1) is 0 Å². The summed E-state index contributed by atoms with van der Waals surface area (Å²) in [4.78, 5) is 13.2. The van der Waals surface area contributed by atoms with E-state index in [-0.39, 0.29) is 25.7 Å². The van der Waals surface area contributed by atoms with Crippen molar-refractivity contribution in [2.75, 3.05) is 6.61 Å². The average molecular weight is 665 g/mol. The fourth-order valence-electron chi connectivity index (χ4n) is 4.95. The second-order valence-electron chi connectivity index (χ2n) is 16.5. The lowest BCUT2D eigenvalue weighted by Crippen LogP contribution is -2.44. The summed E-state index contributed by atoms with van der Waals surface area (Å²) < 4.78 is 5.86. The van der Waals surface area contributed by atoms with E-state index in [1.807, 2.05) is 0 Å². The van der Waals surface area contributed by atoms with E-state index < -0.39 is 30.9 Å². The number of aromatic hydroxyl groups is 1. The van der Waals surface area contributed by atoms with Crippen LogP contribution in [0.4, 0.5) is 0 Å². The quantitative estimate of drug-likeness (QED) is 0.128. The topological polar surface area (TPSA) is 127 Å². The third kappa shape index (κ3) is 10.3. The van der Waals surface area contributed by atoms with Crippen molar-refractivity contribution in [1.29, 1.82) is 0 Å². The highest BCUT2D eigenvalue weighted by Gasteiger charge is 2.34. The molecule has 254 valence electrons. The lowest BCUT2D eigenvalue weighted by Gasteiger charge is -2.33. The van der Waals surface area contributed by atoms with Gasteiger partial charge >= 0.3 is 5.97 Å². The van der Waals surface area contributed by atoms with E-state index in [0.717, 1.165) is 32.0 Å². The molecule has 0 fully saturated rings. The van der Waals surface area contributed by atoms with Crippen LogP contribution in [0.25, 0.3) is 0 Å². The van der Waals surface area contributed by atoms with E-state index in [0.29, 0.717) is 11.5 Å².